The smallest absolute Gasteiger partial charge is 0.200 e. The van der Waals surface area contributed by atoms with Crippen LogP contribution in [0.15, 0.2) is 69.4 Å². The summed E-state index contributed by atoms with van der Waals surface area (Å²) >= 11 is 1.77. The van der Waals surface area contributed by atoms with Crippen LogP contribution in [0.2, 0.25) is 0 Å². The molecule has 0 N–H and O–H groups in total. The van der Waals surface area contributed by atoms with Crippen LogP contribution in [0.25, 0.3) is 22.1 Å². The largest absolute Gasteiger partial charge is 0.497 e. The Morgan fingerprint density at radius 3 is 2.77 bits per heavy atom. The first-order chi connectivity index (χ1) is 14.7. The monoisotopic (exact) mass is 419 g/mol. The second-order valence-corrected chi connectivity index (χ2v) is 8.31. The van der Waals surface area contributed by atoms with Gasteiger partial charge in [0, 0.05) is 18.0 Å². The quantitative estimate of drug-likeness (QED) is 0.459. The predicted octanol–water partition coefficient (Wildman–Crippen LogP) is 4.92. The maximum atomic E-state index is 13.2. The number of ether oxygens (including phenoxy) is 2. The summed E-state index contributed by atoms with van der Waals surface area (Å²) in [5.41, 5.74) is 2.84. The first-order valence-electron chi connectivity index (χ1n) is 9.82. The molecule has 0 saturated heterocycles. The van der Waals surface area contributed by atoms with Crippen LogP contribution in [0.3, 0.4) is 0 Å². The zero-order valence-electron chi connectivity index (χ0n) is 16.6. The molecule has 6 heteroatoms. The molecule has 3 heterocycles. The van der Waals surface area contributed by atoms with Crippen molar-refractivity contribution in [3.63, 3.8) is 0 Å². The molecule has 1 aliphatic rings. The summed E-state index contributed by atoms with van der Waals surface area (Å²) in [5, 5.41) is 2.67. The van der Waals surface area contributed by atoms with Crippen LogP contribution in [-0.4, -0.2) is 25.3 Å². The van der Waals surface area contributed by atoms with Crippen LogP contribution in [0, 0.1) is 0 Å². The topological polar surface area (TPSA) is 51.9 Å². The van der Waals surface area contributed by atoms with Gasteiger partial charge in [0.1, 0.15) is 30.1 Å². The SMILES string of the molecule is COc1ccc(-c2coc3c4c(ccc3c2=O)OCN(CCc2cccs2)C4)cc1. The van der Waals surface area contributed by atoms with Gasteiger partial charge in [0.25, 0.3) is 0 Å². The van der Waals surface area contributed by atoms with Crippen molar-refractivity contribution in [2.75, 3.05) is 20.4 Å². The molecule has 1 aliphatic heterocycles. The Bertz CT molecular complexity index is 1230. The van der Waals surface area contributed by atoms with Gasteiger partial charge in [0.15, 0.2) is 0 Å². The fraction of sp³-hybridized carbons (Fsp3) is 0.208. The van der Waals surface area contributed by atoms with E-state index in [9.17, 15) is 4.79 Å². The van der Waals surface area contributed by atoms with Crippen LogP contribution in [0.5, 0.6) is 11.5 Å². The lowest BCUT2D eigenvalue weighted by Crippen LogP contribution is -2.33. The maximum absolute atomic E-state index is 13.2. The molecule has 0 amide bonds. The van der Waals surface area contributed by atoms with Crippen molar-refractivity contribution in [2.45, 2.75) is 13.0 Å². The van der Waals surface area contributed by atoms with E-state index >= 15 is 0 Å². The van der Waals surface area contributed by atoms with E-state index in [1.807, 2.05) is 30.3 Å². The predicted molar refractivity (Wildman–Crippen MR) is 118 cm³/mol. The molecule has 0 aliphatic carbocycles. The lowest BCUT2D eigenvalue weighted by atomic mass is 10.0. The fourth-order valence-corrected chi connectivity index (χ4v) is 4.49. The zero-order valence-corrected chi connectivity index (χ0v) is 17.4. The van der Waals surface area contributed by atoms with Gasteiger partial charge in [-0.15, -0.1) is 11.3 Å². The summed E-state index contributed by atoms with van der Waals surface area (Å²) in [6.45, 7) is 2.13. The number of methoxy groups -OCH3 is 1. The van der Waals surface area contributed by atoms with Crippen LogP contribution >= 0.6 is 11.3 Å². The first kappa shape index (κ1) is 18.9. The van der Waals surface area contributed by atoms with E-state index in [0.717, 1.165) is 35.6 Å². The molecule has 5 rings (SSSR count). The van der Waals surface area contributed by atoms with E-state index in [0.29, 0.717) is 29.8 Å². The normalized spacial score (nSPS) is 13.8. The molecule has 5 nitrogen and oxygen atoms in total. The lowest BCUT2D eigenvalue weighted by Gasteiger charge is -2.29. The molecule has 30 heavy (non-hydrogen) atoms. The summed E-state index contributed by atoms with van der Waals surface area (Å²) in [4.78, 5) is 16.8. The molecule has 2 aromatic heterocycles. The molecule has 0 radical (unpaired) electrons. The van der Waals surface area contributed by atoms with E-state index in [-0.39, 0.29) is 5.43 Å². The van der Waals surface area contributed by atoms with Gasteiger partial charge in [-0.05, 0) is 47.7 Å². The third-order valence-electron chi connectivity index (χ3n) is 5.44. The minimum Gasteiger partial charge on any atom is -0.497 e. The molecule has 0 fully saturated rings. The summed E-state index contributed by atoms with van der Waals surface area (Å²) in [5.74, 6) is 1.54. The van der Waals surface area contributed by atoms with Crippen molar-refractivity contribution in [3.05, 3.63) is 80.8 Å². The second-order valence-electron chi connectivity index (χ2n) is 7.28. The average Bonchev–Trinajstić information content (AvgIpc) is 3.31. The van der Waals surface area contributed by atoms with Gasteiger partial charge in [-0.1, -0.05) is 18.2 Å². The number of hydrogen-bond donors (Lipinski definition) is 0. The summed E-state index contributed by atoms with van der Waals surface area (Å²) in [7, 11) is 1.62. The Labute approximate surface area is 178 Å². The van der Waals surface area contributed by atoms with Crippen molar-refractivity contribution >= 4 is 22.3 Å². The van der Waals surface area contributed by atoms with Gasteiger partial charge < -0.3 is 13.9 Å². The molecule has 2 aromatic carbocycles. The number of fused-ring (bicyclic) bond motifs is 3. The van der Waals surface area contributed by atoms with Gasteiger partial charge in [-0.3, -0.25) is 9.69 Å². The zero-order chi connectivity index (χ0) is 20.5. The fourth-order valence-electron chi connectivity index (χ4n) is 3.79. The minimum absolute atomic E-state index is 0.0417. The van der Waals surface area contributed by atoms with E-state index in [1.165, 1.54) is 4.88 Å². The summed E-state index contributed by atoms with van der Waals surface area (Å²) in [6.07, 6.45) is 2.53. The highest BCUT2D eigenvalue weighted by Crippen LogP contribution is 2.32. The number of thiophene rings is 1. The van der Waals surface area contributed by atoms with Gasteiger partial charge in [-0.2, -0.15) is 0 Å². The van der Waals surface area contributed by atoms with Crippen LogP contribution in [0.1, 0.15) is 10.4 Å². The Morgan fingerprint density at radius 1 is 1.13 bits per heavy atom. The number of benzene rings is 2. The van der Waals surface area contributed by atoms with E-state index in [1.54, 1.807) is 30.8 Å². The van der Waals surface area contributed by atoms with E-state index in [2.05, 4.69) is 22.4 Å². The van der Waals surface area contributed by atoms with Gasteiger partial charge in [0.2, 0.25) is 5.43 Å². The maximum Gasteiger partial charge on any atom is 0.200 e. The molecular weight excluding hydrogens is 398 g/mol. The van der Waals surface area contributed by atoms with Crippen molar-refractivity contribution in [3.8, 4) is 22.6 Å². The third kappa shape index (κ3) is 3.49. The van der Waals surface area contributed by atoms with Gasteiger partial charge in [0.05, 0.1) is 23.6 Å². The molecule has 4 aromatic rings. The van der Waals surface area contributed by atoms with Crippen molar-refractivity contribution < 1.29 is 13.9 Å². The Balaban J connectivity index is 1.47. The molecule has 0 saturated carbocycles. The minimum atomic E-state index is -0.0417. The van der Waals surface area contributed by atoms with Crippen molar-refractivity contribution in [1.29, 1.82) is 0 Å². The molecule has 0 unspecified atom stereocenters. The van der Waals surface area contributed by atoms with Crippen LogP contribution in [-0.2, 0) is 13.0 Å². The van der Waals surface area contributed by atoms with Crippen LogP contribution in [0.4, 0.5) is 0 Å². The standard InChI is InChI=1S/C24H21NO4S/c1-27-17-6-4-16(5-7-17)21-14-28-24-19(23(21)26)8-9-22-20(24)13-25(15-29-22)11-10-18-3-2-12-30-18/h2-9,12,14H,10-11,13,15H2,1H3. The summed E-state index contributed by atoms with van der Waals surface area (Å²) in [6, 6.07) is 15.3. The summed E-state index contributed by atoms with van der Waals surface area (Å²) < 4.78 is 17.1. The molecule has 152 valence electrons. The van der Waals surface area contributed by atoms with Gasteiger partial charge >= 0.3 is 0 Å². The Morgan fingerprint density at radius 2 is 2.00 bits per heavy atom. The average molecular weight is 420 g/mol. The number of hydrogen-bond acceptors (Lipinski definition) is 6. The number of rotatable bonds is 5. The van der Waals surface area contributed by atoms with E-state index in [4.69, 9.17) is 13.9 Å². The second kappa shape index (κ2) is 7.97. The van der Waals surface area contributed by atoms with Crippen LogP contribution < -0.4 is 14.9 Å². The third-order valence-corrected chi connectivity index (χ3v) is 6.38. The van der Waals surface area contributed by atoms with Crippen molar-refractivity contribution in [2.24, 2.45) is 0 Å². The highest BCUT2D eigenvalue weighted by molar-refractivity contribution is 7.09. The highest BCUT2D eigenvalue weighted by Gasteiger charge is 2.22. The molecular formula is C24H21NO4S. The lowest BCUT2D eigenvalue weighted by molar-refractivity contribution is 0.0970. The number of nitrogens with zero attached hydrogens (tertiary/aromatic N) is 1. The van der Waals surface area contributed by atoms with E-state index < -0.39 is 0 Å². The molecule has 0 atom stereocenters. The molecule has 0 spiro atoms. The Hall–Kier alpha value is -3.09. The molecule has 0 bridgehead atoms. The van der Waals surface area contributed by atoms with Crippen molar-refractivity contribution in [1.82, 2.24) is 4.90 Å². The Kier molecular flexibility index (Phi) is 5.02. The first-order valence-corrected chi connectivity index (χ1v) is 10.7. The van der Waals surface area contributed by atoms with Gasteiger partial charge in [-0.25, -0.2) is 0 Å². The highest BCUT2D eigenvalue weighted by atomic mass is 32.1.